The van der Waals surface area contributed by atoms with E-state index in [1.165, 1.54) is 0 Å². The van der Waals surface area contributed by atoms with Gasteiger partial charge >= 0.3 is 0 Å². The van der Waals surface area contributed by atoms with Crippen LogP contribution in [0.5, 0.6) is 5.75 Å². The highest BCUT2D eigenvalue weighted by Crippen LogP contribution is 2.20. The summed E-state index contributed by atoms with van der Waals surface area (Å²) >= 11 is 0. The standard InChI is InChI=1S/C15H22O3/c1-4-7-14-8-5-6-9-15(14)18-13(3)11-17-12(2)10-16/h4-6,8-9,12-13,16H,1,7,10-11H2,2-3H3. The number of rotatable bonds is 8. The zero-order valence-electron chi connectivity index (χ0n) is 11.1. The summed E-state index contributed by atoms with van der Waals surface area (Å²) in [7, 11) is 0. The molecule has 0 aliphatic carbocycles. The highest BCUT2D eigenvalue weighted by Gasteiger charge is 2.09. The second-order valence-corrected chi connectivity index (χ2v) is 4.36. The molecule has 1 rings (SSSR count). The number of para-hydroxylation sites is 1. The third-order valence-electron chi connectivity index (χ3n) is 2.54. The van der Waals surface area contributed by atoms with Gasteiger partial charge in [0.2, 0.25) is 0 Å². The third kappa shape index (κ3) is 4.90. The lowest BCUT2D eigenvalue weighted by Gasteiger charge is -2.19. The Bertz CT molecular complexity index is 363. The van der Waals surface area contributed by atoms with E-state index in [1.54, 1.807) is 0 Å². The summed E-state index contributed by atoms with van der Waals surface area (Å²) in [5, 5.41) is 8.87. The molecule has 0 amide bonds. The second-order valence-electron chi connectivity index (χ2n) is 4.36. The van der Waals surface area contributed by atoms with Crippen molar-refractivity contribution in [2.24, 2.45) is 0 Å². The molecular formula is C15H22O3. The van der Waals surface area contributed by atoms with Gasteiger partial charge in [-0.05, 0) is 31.9 Å². The zero-order valence-corrected chi connectivity index (χ0v) is 11.1. The Morgan fingerprint density at radius 1 is 1.28 bits per heavy atom. The summed E-state index contributed by atoms with van der Waals surface area (Å²) in [6, 6.07) is 7.91. The molecule has 0 spiro atoms. The highest BCUT2D eigenvalue weighted by atomic mass is 16.5. The Hall–Kier alpha value is -1.32. The Labute approximate surface area is 109 Å². The number of ether oxygens (including phenoxy) is 2. The predicted molar refractivity (Wildman–Crippen MR) is 72.9 cm³/mol. The smallest absolute Gasteiger partial charge is 0.123 e. The van der Waals surface area contributed by atoms with Crippen molar-refractivity contribution in [3.05, 3.63) is 42.5 Å². The summed E-state index contributed by atoms with van der Waals surface area (Å²) < 4.78 is 11.3. The minimum absolute atomic E-state index is 0.0276. The number of hydrogen-bond acceptors (Lipinski definition) is 3. The molecule has 3 nitrogen and oxygen atoms in total. The average Bonchev–Trinajstić information content (AvgIpc) is 2.38. The summed E-state index contributed by atoms with van der Waals surface area (Å²) in [4.78, 5) is 0. The summed E-state index contributed by atoms with van der Waals surface area (Å²) in [6.07, 6.45) is 2.44. The van der Waals surface area contributed by atoms with Gasteiger partial charge in [-0.1, -0.05) is 24.3 Å². The molecule has 18 heavy (non-hydrogen) atoms. The van der Waals surface area contributed by atoms with Gasteiger partial charge in [-0.2, -0.15) is 0 Å². The monoisotopic (exact) mass is 250 g/mol. The summed E-state index contributed by atoms with van der Waals surface area (Å²) in [6.45, 7) is 8.01. The van der Waals surface area contributed by atoms with E-state index < -0.39 is 0 Å². The second kappa shape index (κ2) is 7.90. The van der Waals surface area contributed by atoms with Gasteiger partial charge in [0, 0.05) is 0 Å². The van der Waals surface area contributed by atoms with Crippen LogP contribution in [0.25, 0.3) is 0 Å². The molecule has 1 aromatic rings. The van der Waals surface area contributed by atoms with Gasteiger partial charge in [0.25, 0.3) is 0 Å². The van der Waals surface area contributed by atoms with E-state index in [2.05, 4.69) is 6.58 Å². The van der Waals surface area contributed by atoms with E-state index in [4.69, 9.17) is 14.6 Å². The van der Waals surface area contributed by atoms with Gasteiger partial charge in [-0.3, -0.25) is 0 Å². The molecule has 0 saturated heterocycles. The van der Waals surface area contributed by atoms with Crippen molar-refractivity contribution in [2.45, 2.75) is 32.5 Å². The summed E-state index contributed by atoms with van der Waals surface area (Å²) in [5.74, 6) is 0.866. The minimum Gasteiger partial charge on any atom is -0.488 e. The number of aliphatic hydroxyl groups is 1. The fourth-order valence-corrected chi connectivity index (χ4v) is 1.55. The first-order valence-electron chi connectivity index (χ1n) is 6.25. The van der Waals surface area contributed by atoms with Crippen LogP contribution < -0.4 is 4.74 Å². The van der Waals surface area contributed by atoms with Crippen LogP contribution >= 0.6 is 0 Å². The molecule has 3 heteroatoms. The maximum absolute atomic E-state index is 8.87. The van der Waals surface area contributed by atoms with E-state index in [0.29, 0.717) is 6.61 Å². The Balaban J connectivity index is 2.52. The number of allylic oxidation sites excluding steroid dienone is 1. The van der Waals surface area contributed by atoms with Gasteiger partial charge in [-0.15, -0.1) is 6.58 Å². The minimum atomic E-state index is -0.153. The van der Waals surface area contributed by atoms with Crippen LogP contribution in [0.2, 0.25) is 0 Å². The molecule has 0 aliphatic rings. The molecule has 0 radical (unpaired) electrons. The van der Waals surface area contributed by atoms with E-state index >= 15 is 0 Å². The van der Waals surface area contributed by atoms with E-state index in [-0.39, 0.29) is 18.8 Å². The molecule has 0 aromatic heterocycles. The quantitative estimate of drug-likeness (QED) is 0.721. The van der Waals surface area contributed by atoms with Gasteiger partial charge in [0.1, 0.15) is 11.9 Å². The first-order chi connectivity index (χ1) is 8.67. The number of hydrogen-bond donors (Lipinski definition) is 1. The van der Waals surface area contributed by atoms with E-state index in [0.717, 1.165) is 17.7 Å². The van der Waals surface area contributed by atoms with Crippen molar-refractivity contribution < 1.29 is 14.6 Å². The number of benzene rings is 1. The average molecular weight is 250 g/mol. The van der Waals surface area contributed by atoms with Crippen LogP contribution in [0, 0.1) is 0 Å². The normalized spacial score (nSPS) is 13.9. The van der Waals surface area contributed by atoms with Gasteiger partial charge in [-0.25, -0.2) is 0 Å². The van der Waals surface area contributed by atoms with Crippen molar-refractivity contribution >= 4 is 0 Å². The lowest BCUT2D eigenvalue weighted by atomic mass is 10.1. The van der Waals surface area contributed by atoms with Crippen molar-refractivity contribution in [1.29, 1.82) is 0 Å². The first kappa shape index (κ1) is 14.7. The van der Waals surface area contributed by atoms with Crippen molar-refractivity contribution in [3.63, 3.8) is 0 Å². The predicted octanol–water partition coefficient (Wildman–Crippen LogP) is 2.58. The van der Waals surface area contributed by atoms with Crippen molar-refractivity contribution in [3.8, 4) is 5.75 Å². The number of aliphatic hydroxyl groups excluding tert-OH is 1. The van der Waals surface area contributed by atoms with Crippen LogP contribution in [-0.2, 0) is 11.2 Å². The first-order valence-corrected chi connectivity index (χ1v) is 6.25. The maximum atomic E-state index is 8.87. The lowest BCUT2D eigenvalue weighted by molar-refractivity contribution is -0.0111. The lowest BCUT2D eigenvalue weighted by Crippen LogP contribution is -2.24. The maximum Gasteiger partial charge on any atom is 0.123 e. The molecule has 1 N–H and O–H groups in total. The molecular weight excluding hydrogens is 228 g/mol. The van der Waals surface area contributed by atoms with Crippen LogP contribution in [0.3, 0.4) is 0 Å². The fraction of sp³-hybridized carbons (Fsp3) is 0.467. The molecule has 0 fully saturated rings. The van der Waals surface area contributed by atoms with E-state index in [1.807, 2.05) is 44.2 Å². The zero-order chi connectivity index (χ0) is 13.4. The molecule has 0 aliphatic heterocycles. The molecule has 0 heterocycles. The van der Waals surface area contributed by atoms with Crippen LogP contribution in [0.1, 0.15) is 19.4 Å². The Morgan fingerprint density at radius 2 is 2.00 bits per heavy atom. The van der Waals surface area contributed by atoms with Crippen LogP contribution in [0.15, 0.2) is 36.9 Å². The Morgan fingerprint density at radius 3 is 2.67 bits per heavy atom. The topological polar surface area (TPSA) is 38.7 Å². The van der Waals surface area contributed by atoms with Crippen LogP contribution in [0.4, 0.5) is 0 Å². The van der Waals surface area contributed by atoms with Gasteiger partial charge in [0.15, 0.2) is 0 Å². The van der Waals surface area contributed by atoms with Crippen molar-refractivity contribution in [2.75, 3.05) is 13.2 Å². The largest absolute Gasteiger partial charge is 0.488 e. The highest BCUT2D eigenvalue weighted by molar-refractivity contribution is 5.34. The molecule has 2 atom stereocenters. The van der Waals surface area contributed by atoms with Gasteiger partial charge in [0.05, 0.1) is 19.3 Å². The third-order valence-corrected chi connectivity index (χ3v) is 2.54. The van der Waals surface area contributed by atoms with E-state index in [9.17, 15) is 0 Å². The SMILES string of the molecule is C=CCc1ccccc1OC(C)COC(C)CO. The molecule has 0 saturated carbocycles. The Kier molecular flexibility index (Phi) is 6.47. The fourth-order valence-electron chi connectivity index (χ4n) is 1.55. The van der Waals surface area contributed by atoms with Gasteiger partial charge < -0.3 is 14.6 Å². The van der Waals surface area contributed by atoms with Crippen LogP contribution in [-0.4, -0.2) is 30.5 Å². The molecule has 100 valence electrons. The molecule has 1 aromatic carbocycles. The molecule has 0 bridgehead atoms. The molecule has 2 unspecified atom stereocenters. The summed E-state index contributed by atoms with van der Waals surface area (Å²) in [5.41, 5.74) is 1.12. The van der Waals surface area contributed by atoms with Crippen molar-refractivity contribution in [1.82, 2.24) is 0 Å².